The van der Waals surface area contributed by atoms with Gasteiger partial charge in [-0.15, -0.1) is 5.10 Å². The van der Waals surface area contributed by atoms with E-state index in [0.717, 1.165) is 4.68 Å². The predicted molar refractivity (Wildman–Crippen MR) is 103 cm³/mol. The van der Waals surface area contributed by atoms with E-state index in [2.05, 4.69) is 22.2 Å². The molecule has 2 aromatic carbocycles. The van der Waals surface area contributed by atoms with Crippen LogP contribution in [-0.4, -0.2) is 20.8 Å². The number of nitrogens with zero attached hydrogens (tertiary/aromatic N) is 3. The molecule has 0 fully saturated rings. The number of hydrogen-bond donors (Lipinski definition) is 0. The molecule has 1 heterocycles. The molecule has 0 saturated heterocycles. The van der Waals surface area contributed by atoms with Gasteiger partial charge in [-0.2, -0.15) is 26.3 Å². The Morgan fingerprint density at radius 1 is 1.03 bits per heavy atom. The third kappa shape index (κ3) is 5.29. The van der Waals surface area contributed by atoms with Gasteiger partial charge in [0.15, 0.2) is 5.69 Å². The molecule has 0 saturated carbocycles. The second-order valence-electron chi connectivity index (χ2n) is 6.65. The van der Waals surface area contributed by atoms with Crippen molar-refractivity contribution in [2.24, 2.45) is 0 Å². The van der Waals surface area contributed by atoms with E-state index in [1.54, 1.807) is 12.1 Å². The number of rotatable bonds is 3. The lowest BCUT2D eigenvalue weighted by Crippen LogP contribution is -2.13. The Morgan fingerprint density at radius 2 is 1.62 bits per heavy atom. The Bertz CT molecular complexity index is 1200. The first-order valence-corrected chi connectivity index (χ1v) is 9.23. The third-order valence-electron chi connectivity index (χ3n) is 4.38. The van der Waals surface area contributed by atoms with Gasteiger partial charge in [-0.1, -0.05) is 28.9 Å². The number of halogens is 7. The van der Waals surface area contributed by atoms with Crippen molar-refractivity contribution in [1.29, 1.82) is 0 Å². The third-order valence-corrected chi connectivity index (χ3v) is 4.70. The molecule has 0 aliphatic rings. The molecule has 0 spiro atoms. The summed E-state index contributed by atoms with van der Waals surface area (Å²) >= 11 is 5.94. The lowest BCUT2D eigenvalue weighted by Gasteiger charge is -2.14. The first-order valence-electron chi connectivity index (χ1n) is 8.85. The van der Waals surface area contributed by atoms with Gasteiger partial charge >= 0.3 is 12.4 Å². The number of hydrogen-bond acceptors (Lipinski definition) is 3. The lowest BCUT2D eigenvalue weighted by molar-refractivity contribution is -0.143. The van der Waals surface area contributed by atoms with Gasteiger partial charge in [-0.25, -0.2) is 4.68 Å². The summed E-state index contributed by atoms with van der Waals surface area (Å²) < 4.78 is 79.3. The van der Waals surface area contributed by atoms with Gasteiger partial charge in [0.25, 0.3) is 0 Å². The maximum absolute atomic E-state index is 13.0. The Hall–Kier alpha value is -3.32. The van der Waals surface area contributed by atoms with E-state index in [4.69, 9.17) is 11.6 Å². The predicted octanol–water partition coefficient (Wildman–Crippen LogP) is 5.56. The summed E-state index contributed by atoms with van der Waals surface area (Å²) in [6, 6.07) is 7.52. The highest BCUT2D eigenvalue weighted by Gasteiger charge is 2.36. The van der Waals surface area contributed by atoms with Crippen LogP contribution in [0.4, 0.5) is 26.3 Å². The molecule has 0 bridgehead atoms. The van der Waals surface area contributed by atoms with Crippen LogP contribution in [0.5, 0.6) is 0 Å². The fourth-order valence-electron chi connectivity index (χ4n) is 2.74. The Balaban J connectivity index is 1.90. The molecule has 0 aliphatic heterocycles. The van der Waals surface area contributed by atoms with Crippen LogP contribution < -0.4 is 0 Å². The molecule has 1 aromatic heterocycles. The van der Waals surface area contributed by atoms with Gasteiger partial charge in [0, 0.05) is 5.56 Å². The molecule has 0 N–H and O–H groups in total. The summed E-state index contributed by atoms with van der Waals surface area (Å²) in [4.78, 5) is 12.2. The number of ketones is 1. The van der Waals surface area contributed by atoms with Crippen molar-refractivity contribution in [3.8, 4) is 11.8 Å². The lowest BCUT2D eigenvalue weighted by atomic mass is 10.0. The van der Waals surface area contributed by atoms with Gasteiger partial charge in [0.1, 0.15) is 0 Å². The first-order chi connectivity index (χ1) is 14.9. The molecular formula is C21H12ClF6N3O. The van der Waals surface area contributed by atoms with Crippen LogP contribution in [0.3, 0.4) is 0 Å². The van der Waals surface area contributed by atoms with Gasteiger partial charge in [0.2, 0.25) is 5.78 Å². The molecule has 0 amide bonds. The molecule has 0 atom stereocenters. The minimum Gasteiger partial charge on any atom is -0.279 e. The van der Waals surface area contributed by atoms with Crippen molar-refractivity contribution >= 4 is 17.4 Å². The molecule has 166 valence electrons. The van der Waals surface area contributed by atoms with E-state index >= 15 is 0 Å². The number of carbonyl (C=O) groups excluding carboxylic acids is 1. The number of benzene rings is 2. The quantitative estimate of drug-likeness (QED) is 0.285. The van der Waals surface area contributed by atoms with E-state index in [1.807, 2.05) is 0 Å². The maximum atomic E-state index is 13.0. The summed E-state index contributed by atoms with van der Waals surface area (Å²) in [6.07, 6.45) is -9.91. The normalized spacial score (nSPS) is 11.8. The first kappa shape index (κ1) is 23.3. The van der Waals surface area contributed by atoms with E-state index in [1.165, 1.54) is 19.1 Å². The van der Waals surface area contributed by atoms with Crippen molar-refractivity contribution in [3.05, 3.63) is 81.1 Å². The molecule has 0 unspecified atom stereocenters. The average molecular weight is 472 g/mol. The fraction of sp³-hybridized carbons (Fsp3) is 0.190. The number of Topliss-reactive ketones (excluding diaryl/α,β-unsaturated/α-hetero) is 1. The van der Waals surface area contributed by atoms with E-state index in [0.29, 0.717) is 12.1 Å². The standard InChI is InChI=1S/C21H12ClF6N3O/c1-12-18(6-7-19(32)16-4-2-3-5-17(16)22)29-30-31(12)11-13-8-14(20(23,24)25)10-15(9-13)21(26,27)28/h2-5,8-10H,11H2,1H3. The topological polar surface area (TPSA) is 47.8 Å². The highest BCUT2D eigenvalue weighted by molar-refractivity contribution is 6.35. The van der Waals surface area contributed by atoms with Crippen molar-refractivity contribution < 1.29 is 31.1 Å². The Morgan fingerprint density at radius 3 is 2.19 bits per heavy atom. The van der Waals surface area contributed by atoms with Crippen LogP contribution in [0.2, 0.25) is 5.02 Å². The zero-order chi connectivity index (χ0) is 23.7. The fourth-order valence-corrected chi connectivity index (χ4v) is 2.96. The maximum Gasteiger partial charge on any atom is 0.416 e. The van der Waals surface area contributed by atoms with E-state index in [-0.39, 0.29) is 33.6 Å². The van der Waals surface area contributed by atoms with Crippen LogP contribution in [0.15, 0.2) is 42.5 Å². The van der Waals surface area contributed by atoms with Crippen molar-refractivity contribution in [2.75, 3.05) is 0 Å². The van der Waals surface area contributed by atoms with Crippen LogP contribution >= 0.6 is 11.6 Å². The number of carbonyl (C=O) groups is 1. The second kappa shape index (κ2) is 8.67. The Kier molecular flexibility index (Phi) is 6.32. The minimum absolute atomic E-state index is 0.0495. The second-order valence-corrected chi connectivity index (χ2v) is 7.06. The largest absolute Gasteiger partial charge is 0.416 e. The molecule has 0 aliphatic carbocycles. The van der Waals surface area contributed by atoms with E-state index < -0.39 is 35.8 Å². The summed E-state index contributed by atoms with van der Waals surface area (Å²) in [5.41, 5.74) is -2.64. The minimum atomic E-state index is -4.96. The van der Waals surface area contributed by atoms with Crippen molar-refractivity contribution in [1.82, 2.24) is 15.0 Å². The van der Waals surface area contributed by atoms with Crippen LogP contribution in [0.1, 0.15) is 38.4 Å². The van der Waals surface area contributed by atoms with Crippen LogP contribution in [-0.2, 0) is 18.9 Å². The van der Waals surface area contributed by atoms with Crippen molar-refractivity contribution in [2.45, 2.75) is 25.8 Å². The van der Waals surface area contributed by atoms with E-state index in [9.17, 15) is 31.1 Å². The Labute approximate surface area is 182 Å². The molecule has 11 heteroatoms. The van der Waals surface area contributed by atoms with Gasteiger partial charge < -0.3 is 0 Å². The monoisotopic (exact) mass is 471 g/mol. The van der Waals surface area contributed by atoms with Gasteiger partial charge in [-0.05, 0) is 54.7 Å². The van der Waals surface area contributed by atoms with Gasteiger partial charge in [-0.3, -0.25) is 4.79 Å². The van der Waals surface area contributed by atoms with Crippen LogP contribution in [0, 0.1) is 18.8 Å². The van der Waals surface area contributed by atoms with Gasteiger partial charge in [0.05, 0.1) is 28.4 Å². The molecule has 3 aromatic rings. The zero-order valence-electron chi connectivity index (χ0n) is 16.1. The summed E-state index contributed by atoms with van der Waals surface area (Å²) in [6.45, 7) is 1.06. The molecule has 4 nitrogen and oxygen atoms in total. The SMILES string of the molecule is Cc1c(C#CC(=O)c2ccccc2Cl)nnn1Cc1cc(C(F)(F)F)cc(C(F)(F)F)c1. The average Bonchev–Trinajstić information content (AvgIpc) is 3.04. The van der Waals surface area contributed by atoms with Crippen molar-refractivity contribution in [3.63, 3.8) is 0 Å². The number of aromatic nitrogens is 3. The smallest absolute Gasteiger partial charge is 0.279 e. The summed E-state index contributed by atoms with van der Waals surface area (Å²) in [5, 5.41) is 7.69. The molecule has 3 rings (SSSR count). The highest BCUT2D eigenvalue weighted by atomic mass is 35.5. The molecular weight excluding hydrogens is 460 g/mol. The summed E-state index contributed by atoms with van der Waals surface area (Å²) in [5.74, 6) is 4.26. The van der Waals surface area contributed by atoms with Crippen LogP contribution in [0.25, 0.3) is 0 Å². The zero-order valence-corrected chi connectivity index (χ0v) is 16.9. The molecule has 0 radical (unpaired) electrons. The molecule has 32 heavy (non-hydrogen) atoms. The number of alkyl halides is 6. The highest BCUT2D eigenvalue weighted by Crippen LogP contribution is 2.36. The summed E-state index contributed by atoms with van der Waals surface area (Å²) in [7, 11) is 0.